The van der Waals surface area contributed by atoms with Gasteiger partial charge in [0.2, 0.25) is 11.5 Å². The lowest BCUT2D eigenvalue weighted by molar-refractivity contribution is 0.343. The van der Waals surface area contributed by atoms with Crippen molar-refractivity contribution in [2.24, 2.45) is 0 Å². The highest BCUT2D eigenvalue weighted by molar-refractivity contribution is 5.87. The zero-order chi connectivity index (χ0) is 34.1. The maximum atomic E-state index is 6.36. The van der Waals surface area contributed by atoms with E-state index in [1.807, 2.05) is 24.3 Å². The highest BCUT2D eigenvalue weighted by Crippen LogP contribution is 2.59. The average Bonchev–Trinajstić information content (AvgIpc) is 3.44. The molecule has 0 saturated carbocycles. The first-order valence-electron chi connectivity index (χ1n) is 15.7. The highest BCUT2D eigenvalue weighted by Gasteiger charge is 2.47. The highest BCUT2D eigenvalue weighted by atomic mass is 16.5. The SMILES string of the molecule is COc1cc(C2(c3cc(OC)c(Oc4ccc(N)cc4)c(OC)c3)c3ccccc3-c3ccccc32)cc(OC)c1Oc1ccc(N)cc1. The van der Waals surface area contributed by atoms with Crippen molar-refractivity contribution in [3.8, 4) is 57.1 Å². The minimum Gasteiger partial charge on any atom is -0.493 e. The molecule has 6 aromatic rings. The Balaban J connectivity index is 1.50. The van der Waals surface area contributed by atoms with Crippen LogP contribution in [0.4, 0.5) is 11.4 Å². The van der Waals surface area contributed by atoms with E-state index in [0.717, 1.165) is 33.4 Å². The molecule has 1 aliphatic carbocycles. The smallest absolute Gasteiger partial charge is 0.211 e. The lowest BCUT2D eigenvalue weighted by atomic mass is 9.67. The molecule has 0 fully saturated rings. The second-order valence-electron chi connectivity index (χ2n) is 11.6. The molecule has 8 heteroatoms. The molecule has 0 spiro atoms. The molecular formula is C41H36N2O6. The van der Waals surface area contributed by atoms with E-state index in [1.165, 1.54) is 0 Å². The van der Waals surface area contributed by atoms with Gasteiger partial charge in [-0.15, -0.1) is 0 Å². The minimum atomic E-state index is -0.867. The van der Waals surface area contributed by atoms with Crippen LogP contribution in [0.15, 0.2) is 121 Å². The van der Waals surface area contributed by atoms with Crippen LogP contribution in [0.1, 0.15) is 22.3 Å². The summed E-state index contributed by atoms with van der Waals surface area (Å²) in [6.07, 6.45) is 0. The average molecular weight is 653 g/mol. The number of fused-ring (bicyclic) bond motifs is 3. The third kappa shape index (κ3) is 5.27. The largest absolute Gasteiger partial charge is 0.493 e. The molecule has 0 aromatic heterocycles. The second-order valence-corrected chi connectivity index (χ2v) is 11.6. The molecule has 0 atom stereocenters. The Morgan fingerprint density at radius 3 is 1.08 bits per heavy atom. The first-order chi connectivity index (χ1) is 23.9. The van der Waals surface area contributed by atoms with Gasteiger partial charge in [-0.2, -0.15) is 0 Å². The molecule has 0 heterocycles. The number of rotatable bonds is 10. The molecule has 0 saturated heterocycles. The molecule has 8 nitrogen and oxygen atoms in total. The summed E-state index contributed by atoms with van der Waals surface area (Å²) in [5, 5.41) is 0. The Morgan fingerprint density at radius 2 is 0.755 bits per heavy atom. The lowest BCUT2D eigenvalue weighted by Gasteiger charge is -2.35. The van der Waals surface area contributed by atoms with Crippen LogP contribution in [0.2, 0.25) is 0 Å². The minimum absolute atomic E-state index is 0.440. The molecule has 0 radical (unpaired) electrons. The molecule has 7 rings (SSSR count). The zero-order valence-electron chi connectivity index (χ0n) is 27.7. The van der Waals surface area contributed by atoms with Crippen molar-refractivity contribution in [3.63, 3.8) is 0 Å². The number of ether oxygens (including phenoxy) is 6. The fourth-order valence-corrected chi connectivity index (χ4v) is 6.73. The van der Waals surface area contributed by atoms with E-state index in [9.17, 15) is 0 Å². The van der Waals surface area contributed by atoms with Gasteiger partial charge in [0.05, 0.1) is 33.9 Å². The number of nitrogens with two attached hydrogens (primary N) is 2. The molecule has 49 heavy (non-hydrogen) atoms. The fourth-order valence-electron chi connectivity index (χ4n) is 6.73. The number of methoxy groups -OCH3 is 4. The molecule has 0 unspecified atom stereocenters. The summed E-state index contributed by atoms with van der Waals surface area (Å²) >= 11 is 0. The van der Waals surface area contributed by atoms with Crippen LogP contribution >= 0.6 is 0 Å². The van der Waals surface area contributed by atoms with Crippen molar-refractivity contribution in [1.82, 2.24) is 0 Å². The Kier molecular flexibility index (Phi) is 8.14. The van der Waals surface area contributed by atoms with Crippen LogP contribution < -0.4 is 39.9 Å². The molecule has 246 valence electrons. The standard InChI is InChI=1S/C41H36N2O6/c1-44-35-21-25(22-36(45-2)39(35)48-29-17-13-27(42)14-18-29)41(33-11-7-5-9-31(33)32-10-6-8-12-34(32)41)26-23-37(46-3)40(38(24-26)47-4)49-30-19-15-28(43)16-20-30/h5-24H,42-43H2,1-4H3. The zero-order valence-corrected chi connectivity index (χ0v) is 27.7. The number of benzene rings is 6. The van der Waals surface area contributed by atoms with Gasteiger partial charge in [0, 0.05) is 11.4 Å². The van der Waals surface area contributed by atoms with E-state index >= 15 is 0 Å². The third-order valence-electron chi connectivity index (χ3n) is 8.94. The summed E-state index contributed by atoms with van der Waals surface area (Å²) in [7, 11) is 6.47. The Hall–Kier alpha value is -6.28. The number of hydrogen-bond donors (Lipinski definition) is 2. The van der Waals surface area contributed by atoms with E-state index in [4.69, 9.17) is 39.9 Å². The van der Waals surface area contributed by atoms with E-state index < -0.39 is 5.41 Å². The maximum Gasteiger partial charge on any atom is 0.211 e. The van der Waals surface area contributed by atoms with Gasteiger partial charge < -0.3 is 39.9 Å². The van der Waals surface area contributed by atoms with Crippen LogP contribution in [0.25, 0.3) is 11.1 Å². The fraction of sp³-hybridized carbons (Fsp3) is 0.122. The molecule has 0 aliphatic heterocycles. The van der Waals surface area contributed by atoms with Gasteiger partial charge >= 0.3 is 0 Å². The van der Waals surface area contributed by atoms with Crippen LogP contribution in [0.3, 0.4) is 0 Å². The summed E-state index contributed by atoms with van der Waals surface area (Å²) in [6.45, 7) is 0. The van der Waals surface area contributed by atoms with Crippen LogP contribution in [0.5, 0.6) is 46.0 Å². The number of nitrogen functional groups attached to an aromatic ring is 2. The van der Waals surface area contributed by atoms with Gasteiger partial charge in [0.1, 0.15) is 11.5 Å². The van der Waals surface area contributed by atoms with Gasteiger partial charge in [0.25, 0.3) is 0 Å². The Labute approximate surface area is 285 Å². The third-order valence-corrected chi connectivity index (χ3v) is 8.94. The molecule has 1 aliphatic rings. The lowest BCUT2D eigenvalue weighted by Crippen LogP contribution is -2.29. The van der Waals surface area contributed by atoms with Gasteiger partial charge in [-0.25, -0.2) is 0 Å². The van der Waals surface area contributed by atoms with Crippen LogP contribution in [-0.2, 0) is 5.41 Å². The number of anilines is 2. The van der Waals surface area contributed by atoms with Crippen molar-refractivity contribution in [1.29, 1.82) is 0 Å². The summed E-state index contributed by atoms with van der Waals surface area (Å²) in [6, 6.07) is 39.2. The van der Waals surface area contributed by atoms with E-state index in [1.54, 1.807) is 77.0 Å². The van der Waals surface area contributed by atoms with Gasteiger partial charge in [-0.1, -0.05) is 48.5 Å². The van der Waals surface area contributed by atoms with Gasteiger partial charge in [-0.05, 0) is 106 Å². The molecule has 0 amide bonds. The molecule has 4 N–H and O–H groups in total. The predicted molar refractivity (Wildman–Crippen MR) is 192 cm³/mol. The Morgan fingerprint density at radius 1 is 0.429 bits per heavy atom. The molecule has 0 bridgehead atoms. The van der Waals surface area contributed by atoms with Crippen LogP contribution in [0, 0.1) is 0 Å². The summed E-state index contributed by atoms with van der Waals surface area (Å²) in [5.41, 5.74) is 18.4. The summed E-state index contributed by atoms with van der Waals surface area (Å²) in [4.78, 5) is 0. The Bertz CT molecular complexity index is 1940. The van der Waals surface area contributed by atoms with E-state index in [0.29, 0.717) is 57.4 Å². The van der Waals surface area contributed by atoms with Crippen molar-refractivity contribution in [2.75, 3.05) is 39.9 Å². The van der Waals surface area contributed by atoms with Gasteiger partial charge in [0.15, 0.2) is 23.0 Å². The van der Waals surface area contributed by atoms with Crippen molar-refractivity contribution >= 4 is 11.4 Å². The van der Waals surface area contributed by atoms with Gasteiger partial charge in [-0.3, -0.25) is 0 Å². The monoisotopic (exact) mass is 652 g/mol. The van der Waals surface area contributed by atoms with Crippen molar-refractivity contribution in [2.45, 2.75) is 5.41 Å². The summed E-state index contributed by atoms with van der Waals surface area (Å²) < 4.78 is 36.8. The molecular weight excluding hydrogens is 616 g/mol. The van der Waals surface area contributed by atoms with Crippen molar-refractivity contribution < 1.29 is 28.4 Å². The topological polar surface area (TPSA) is 107 Å². The summed E-state index contributed by atoms with van der Waals surface area (Å²) in [5.74, 6) is 4.05. The second kappa shape index (κ2) is 12.7. The van der Waals surface area contributed by atoms with E-state index in [2.05, 4.69) is 48.5 Å². The molecule has 6 aromatic carbocycles. The number of hydrogen-bond acceptors (Lipinski definition) is 8. The normalized spacial score (nSPS) is 12.4. The maximum absolute atomic E-state index is 6.36. The quantitative estimate of drug-likeness (QED) is 0.141. The first kappa shape index (κ1) is 31.3. The van der Waals surface area contributed by atoms with Crippen molar-refractivity contribution in [3.05, 3.63) is 144 Å². The van der Waals surface area contributed by atoms with E-state index in [-0.39, 0.29) is 0 Å². The predicted octanol–water partition coefficient (Wildman–Crippen LogP) is 8.83. The van der Waals surface area contributed by atoms with Crippen LogP contribution in [-0.4, -0.2) is 28.4 Å². The first-order valence-corrected chi connectivity index (χ1v) is 15.7.